The number of aliphatic hydroxyl groups is 2. The molecular weight excluding hydrogens is 120 g/mol. The highest BCUT2D eigenvalue weighted by molar-refractivity contribution is 4.40. The van der Waals surface area contributed by atoms with Crippen LogP contribution < -0.4 is 0 Å². The minimum atomic E-state index is -1.10. The van der Waals surface area contributed by atoms with Crippen LogP contribution in [0.25, 0.3) is 0 Å². The normalized spacial score (nSPS) is 9.33. The maximum absolute atomic E-state index is 8.33. The lowest BCUT2D eigenvalue weighted by molar-refractivity contribution is -0.0465. The average Bonchev–Trinajstić information content (AvgIpc) is 1.66. The summed E-state index contributed by atoms with van der Waals surface area (Å²) in [5.74, 6) is 0. The molecule has 0 aromatic carbocycles. The third kappa shape index (κ3) is 11.4. The Bertz CT molecular complexity index is 45.6. The zero-order valence-electron chi connectivity index (χ0n) is 5.80. The van der Waals surface area contributed by atoms with Crippen molar-refractivity contribution in [1.29, 1.82) is 0 Å². The predicted molar refractivity (Wildman–Crippen MR) is 36.0 cm³/mol. The molecule has 0 unspecified atom stereocenters. The molecule has 0 saturated heterocycles. The fourth-order valence-corrected chi connectivity index (χ4v) is 0.577. The standard InChI is InChI=1S/C6H14O2.H2O/c1-2-3-4-5-6(7)8;/h6-8H,2-5H2,1H3;1H2. The molecule has 9 heavy (non-hydrogen) atoms. The van der Waals surface area contributed by atoms with E-state index in [1.165, 1.54) is 0 Å². The van der Waals surface area contributed by atoms with E-state index in [9.17, 15) is 0 Å². The van der Waals surface area contributed by atoms with Crippen molar-refractivity contribution in [2.24, 2.45) is 0 Å². The van der Waals surface area contributed by atoms with Gasteiger partial charge in [0.05, 0.1) is 0 Å². The van der Waals surface area contributed by atoms with Crippen molar-refractivity contribution < 1.29 is 15.7 Å². The Morgan fingerprint density at radius 1 is 1.22 bits per heavy atom. The molecule has 0 fully saturated rings. The minimum absolute atomic E-state index is 0. The first-order valence-corrected chi connectivity index (χ1v) is 3.13. The highest BCUT2D eigenvalue weighted by Gasteiger charge is 1.93. The van der Waals surface area contributed by atoms with Crippen LogP contribution in [-0.2, 0) is 0 Å². The van der Waals surface area contributed by atoms with Gasteiger partial charge in [0.1, 0.15) is 0 Å². The van der Waals surface area contributed by atoms with Gasteiger partial charge in [-0.15, -0.1) is 0 Å². The molecule has 0 aliphatic carbocycles. The van der Waals surface area contributed by atoms with Gasteiger partial charge < -0.3 is 15.7 Å². The summed E-state index contributed by atoms with van der Waals surface area (Å²) in [7, 11) is 0. The van der Waals surface area contributed by atoms with E-state index in [1.807, 2.05) is 0 Å². The van der Waals surface area contributed by atoms with Crippen molar-refractivity contribution in [3.63, 3.8) is 0 Å². The number of hydrogen-bond acceptors (Lipinski definition) is 2. The Morgan fingerprint density at radius 2 is 1.78 bits per heavy atom. The smallest absolute Gasteiger partial charge is 0.151 e. The quantitative estimate of drug-likeness (QED) is 0.423. The second-order valence-corrected chi connectivity index (χ2v) is 1.98. The molecule has 58 valence electrons. The Morgan fingerprint density at radius 3 is 2.11 bits per heavy atom. The van der Waals surface area contributed by atoms with Crippen molar-refractivity contribution in [1.82, 2.24) is 0 Å². The van der Waals surface area contributed by atoms with Gasteiger partial charge in [-0.05, 0) is 12.8 Å². The number of rotatable bonds is 4. The van der Waals surface area contributed by atoms with Gasteiger partial charge in [0, 0.05) is 0 Å². The van der Waals surface area contributed by atoms with Gasteiger partial charge in [-0.2, -0.15) is 0 Å². The predicted octanol–water partition coefficient (Wildman–Crippen LogP) is 0.0527. The van der Waals surface area contributed by atoms with Crippen LogP contribution in [0.3, 0.4) is 0 Å². The molecule has 4 N–H and O–H groups in total. The van der Waals surface area contributed by atoms with E-state index in [4.69, 9.17) is 10.2 Å². The van der Waals surface area contributed by atoms with E-state index < -0.39 is 6.29 Å². The van der Waals surface area contributed by atoms with Gasteiger partial charge >= 0.3 is 0 Å². The monoisotopic (exact) mass is 136 g/mol. The number of hydrogen-bond donors (Lipinski definition) is 2. The first-order valence-electron chi connectivity index (χ1n) is 3.13. The molecule has 0 radical (unpaired) electrons. The Labute approximate surface area is 55.6 Å². The SMILES string of the molecule is CCCCCC(O)O.O. The zero-order chi connectivity index (χ0) is 6.41. The summed E-state index contributed by atoms with van der Waals surface area (Å²) in [5.41, 5.74) is 0. The lowest BCUT2D eigenvalue weighted by Crippen LogP contribution is -2.02. The van der Waals surface area contributed by atoms with Gasteiger partial charge in [0.15, 0.2) is 6.29 Å². The molecular formula is C6H16O3. The highest BCUT2D eigenvalue weighted by Crippen LogP contribution is 1.99. The van der Waals surface area contributed by atoms with Crippen LogP contribution >= 0.6 is 0 Å². The minimum Gasteiger partial charge on any atom is -0.412 e. The van der Waals surface area contributed by atoms with Crippen LogP contribution in [0.15, 0.2) is 0 Å². The van der Waals surface area contributed by atoms with Crippen molar-refractivity contribution in [3.8, 4) is 0 Å². The van der Waals surface area contributed by atoms with E-state index in [2.05, 4.69) is 6.92 Å². The van der Waals surface area contributed by atoms with Crippen molar-refractivity contribution in [2.45, 2.75) is 38.9 Å². The van der Waals surface area contributed by atoms with E-state index in [1.54, 1.807) is 0 Å². The second-order valence-electron chi connectivity index (χ2n) is 1.98. The first-order chi connectivity index (χ1) is 3.77. The van der Waals surface area contributed by atoms with Gasteiger partial charge in [0.2, 0.25) is 0 Å². The van der Waals surface area contributed by atoms with Crippen LogP contribution in [0, 0.1) is 0 Å². The Balaban J connectivity index is 0. The Hall–Kier alpha value is -0.120. The maximum atomic E-state index is 8.33. The van der Waals surface area contributed by atoms with Crippen molar-refractivity contribution in [2.75, 3.05) is 0 Å². The largest absolute Gasteiger partial charge is 0.412 e. The molecule has 3 heteroatoms. The van der Waals surface area contributed by atoms with Crippen LogP contribution in [0.4, 0.5) is 0 Å². The van der Waals surface area contributed by atoms with Gasteiger partial charge in [-0.25, -0.2) is 0 Å². The molecule has 0 saturated carbocycles. The zero-order valence-corrected chi connectivity index (χ0v) is 5.80. The summed E-state index contributed by atoms with van der Waals surface area (Å²) in [6, 6.07) is 0. The van der Waals surface area contributed by atoms with Gasteiger partial charge in [0.25, 0.3) is 0 Å². The number of unbranched alkanes of at least 4 members (excludes halogenated alkanes) is 2. The van der Waals surface area contributed by atoms with Gasteiger partial charge in [-0.3, -0.25) is 0 Å². The highest BCUT2D eigenvalue weighted by atomic mass is 16.5. The number of aliphatic hydroxyl groups excluding tert-OH is 1. The molecule has 0 bridgehead atoms. The van der Waals surface area contributed by atoms with E-state index in [0.29, 0.717) is 6.42 Å². The average molecular weight is 136 g/mol. The molecule has 3 nitrogen and oxygen atoms in total. The van der Waals surface area contributed by atoms with Crippen LogP contribution in [0.5, 0.6) is 0 Å². The summed E-state index contributed by atoms with van der Waals surface area (Å²) in [4.78, 5) is 0. The molecule has 0 spiro atoms. The third-order valence-electron chi connectivity index (χ3n) is 1.07. The van der Waals surface area contributed by atoms with E-state index >= 15 is 0 Å². The van der Waals surface area contributed by atoms with Crippen LogP contribution in [0.1, 0.15) is 32.6 Å². The molecule has 0 rings (SSSR count). The van der Waals surface area contributed by atoms with Crippen molar-refractivity contribution >= 4 is 0 Å². The molecule has 0 atom stereocenters. The van der Waals surface area contributed by atoms with Gasteiger partial charge in [-0.1, -0.05) is 19.8 Å². The second kappa shape index (κ2) is 7.88. The van der Waals surface area contributed by atoms with E-state index in [0.717, 1.165) is 19.3 Å². The first kappa shape index (κ1) is 11.6. The summed E-state index contributed by atoms with van der Waals surface area (Å²) in [6.07, 6.45) is 2.58. The molecule has 0 aromatic rings. The third-order valence-corrected chi connectivity index (χ3v) is 1.07. The summed E-state index contributed by atoms with van der Waals surface area (Å²) < 4.78 is 0. The molecule has 0 heterocycles. The lowest BCUT2D eigenvalue weighted by atomic mass is 10.2. The lowest BCUT2D eigenvalue weighted by Gasteiger charge is -1.99. The topological polar surface area (TPSA) is 72.0 Å². The molecule has 0 aliphatic heterocycles. The van der Waals surface area contributed by atoms with E-state index in [-0.39, 0.29) is 5.48 Å². The fraction of sp³-hybridized carbons (Fsp3) is 1.00. The van der Waals surface area contributed by atoms with Crippen LogP contribution in [-0.4, -0.2) is 22.0 Å². The maximum Gasteiger partial charge on any atom is 0.151 e. The molecule has 0 aromatic heterocycles. The molecule has 0 aliphatic rings. The summed E-state index contributed by atoms with van der Waals surface area (Å²) in [5, 5.41) is 16.7. The summed E-state index contributed by atoms with van der Waals surface area (Å²) in [6.45, 7) is 2.09. The molecule has 0 amide bonds. The van der Waals surface area contributed by atoms with Crippen LogP contribution in [0.2, 0.25) is 0 Å². The summed E-state index contributed by atoms with van der Waals surface area (Å²) >= 11 is 0. The fourth-order valence-electron chi connectivity index (χ4n) is 0.577. The Kier molecular flexibility index (Phi) is 10.2. The van der Waals surface area contributed by atoms with Crippen molar-refractivity contribution in [3.05, 3.63) is 0 Å².